The fourth-order valence-corrected chi connectivity index (χ4v) is 3.63. The predicted octanol–water partition coefficient (Wildman–Crippen LogP) is 2.95. The number of nitrogens with zero attached hydrogens (tertiary/aromatic N) is 1. The van der Waals surface area contributed by atoms with Gasteiger partial charge >= 0.3 is 0 Å². The first kappa shape index (κ1) is 15.1. The molecule has 1 atom stereocenters. The van der Waals surface area contributed by atoms with Crippen molar-refractivity contribution in [2.75, 3.05) is 23.6 Å². The number of carbonyl (C=O) groups excluding carboxylic acids is 1. The lowest BCUT2D eigenvalue weighted by Gasteiger charge is -2.11. The molecule has 24 heavy (non-hydrogen) atoms. The quantitative estimate of drug-likeness (QED) is 0.920. The zero-order chi connectivity index (χ0) is 16.4. The van der Waals surface area contributed by atoms with Crippen LogP contribution in [0, 0.1) is 0 Å². The molecule has 0 spiro atoms. The van der Waals surface area contributed by atoms with E-state index in [1.165, 1.54) is 6.20 Å². The molecule has 7 heteroatoms. The molecule has 1 amide bonds. The third-order valence-corrected chi connectivity index (χ3v) is 4.94. The second-order valence-corrected chi connectivity index (χ2v) is 6.66. The number of benzene rings is 1. The van der Waals surface area contributed by atoms with Gasteiger partial charge in [0.1, 0.15) is 6.10 Å². The Bertz CT molecular complexity index is 745. The zero-order valence-electron chi connectivity index (χ0n) is 12.9. The second kappa shape index (κ2) is 6.60. The minimum atomic E-state index is -0.232. The Labute approximate surface area is 143 Å². The van der Waals surface area contributed by atoms with Gasteiger partial charge < -0.3 is 19.5 Å². The zero-order valence-corrected chi connectivity index (χ0v) is 13.7. The SMILES string of the molecule is O=C(Nc1ccc2c(c1)OCO2)c1ccc(O[C@@H]2CCSC2)nc1. The summed E-state index contributed by atoms with van der Waals surface area (Å²) in [4.78, 5) is 16.5. The average Bonchev–Trinajstić information content (AvgIpc) is 3.26. The van der Waals surface area contributed by atoms with Crippen molar-refractivity contribution in [1.82, 2.24) is 4.98 Å². The van der Waals surface area contributed by atoms with E-state index in [-0.39, 0.29) is 18.8 Å². The van der Waals surface area contributed by atoms with E-state index in [2.05, 4.69) is 10.3 Å². The number of hydrogen-bond donors (Lipinski definition) is 1. The number of ether oxygens (including phenoxy) is 3. The number of fused-ring (bicyclic) bond motifs is 1. The van der Waals surface area contributed by atoms with E-state index in [1.807, 2.05) is 11.8 Å². The number of nitrogens with one attached hydrogen (secondary N) is 1. The van der Waals surface area contributed by atoms with E-state index in [0.717, 1.165) is 17.9 Å². The van der Waals surface area contributed by atoms with E-state index >= 15 is 0 Å². The minimum absolute atomic E-state index is 0.206. The van der Waals surface area contributed by atoms with Crippen LogP contribution in [0.1, 0.15) is 16.8 Å². The predicted molar refractivity (Wildman–Crippen MR) is 91.1 cm³/mol. The third kappa shape index (κ3) is 3.26. The maximum atomic E-state index is 12.3. The van der Waals surface area contributed by atoms with Gasteiger partial charge in [0.15, 0.2) is 11.5 Å². The molecule has 4 rings (SSSR count). The van der Waals surface area contributed by atoms with Gasteiger partial charge in [-0.1, -0.05) is 0 Å². The van der Waals surface area contributed by atoms with Gasteiger partial charge in [-0.05, 0) is 30.4 Å². The number of anilines is 1. The van der Waals surface area contributed by atoms with Gasteiger partial charge in [0.25, 0.3) is 5.91 Å². The van der Waals surface area contributed by atoms with Crippen LogP contribution < -0.4 is 19.5 Å². The molecule has 0 radical (unpaired) electrons. The lowest BCUT2D eigenvalue weighted by Crippen LogP contribution is -2.16. The standard InChI is InChI=1S/C17H16N2O4S/c20-17(19-12-2-3-14-15(7-12)22-10-21-14)11-1-4-16(18-8-11)23-13-5-6-24-9-13/h1-4,7-8,13H,5-6,9-10H2,(H,19,20)/t13-/m1/s1. The molecule has 1 N–H and O–H groups in total. The van der Waals surface area contributed by atoms with Gasteiger partial charge in [0.05, 0.1) is 5.56 Å². The highest BCUT2D eigenvalue weighted by Gasteiger charge is 2.18. The van der Waals surface area contributed by atoms with Gasteiger partial charge in [-0.2, -0.15) is 11.8 Å². The first-order chi connectivity index (χ1) is 11.8. The Morgan fingerprint density at radius 2 is 2.17 bits per heavy atom. The lowest BCUT2D eigenvalue weighted by atomic mass is 10.2. The topological polar surface area (TPSA) is 69.7 Å². The van der Waals surface area contributed by atoms with Crippen LogP contribution in [0.3, 0.4) is 0 Å². The molecule has 6 nitrogen and oxygen atoms in total. The number of hydrogen-bond acceptors (Lipinski definition) is 6. The van der Waals surface area contributed by atoms with Crippen molar-refractivity contribution in [1.29, 1.82) is 0 Å². The van der Waals surface area contributed by atoms with Crippen molar-refractivity contribution in [3.8, 4) is 17.4 Å². The van der Waals surface area contributed by atoms with Gasteiger partial charge in [0.2, 0.25) is 12.7 Å². The molecular weight excluding hydrogens is 328 g/mol. The summed E-state index contributed by atoms with van der Waals surface area (Å²) in [5.41, 5.74) is 1.12. The molecule has 0 unspecified atom stereocenters. The maximum Gasteiger partial charge on any atom is 0.257 e. The highest BCUT2D eigenvalue weighted by molar-refractivity contribution is 7.99. The van der Waals surface area contributed by atoms with Crippen LogP contribution in [0.4, 0.5) is 5.69 Å². The first-order valence-electron chi connectivity index (χ1n) is 7.69. The normalized spacial score (nSPS) is 18.4. The molecule has 2 aliphatic rings. The Balaban J connectivity index is 1.40. The monoisotopic (exact) mass is 344 g/mol. The van der Waals surface area contributed by atoms with Gasteiger partial charge in [-0.25, -0.2) is 4.98 Å². The van der Waals surface area contributed by atoms with E-state index < -0.39 is 0 Å². The minimum Gasteiger partial charge on any atom is -0.473 e. The average molecular weight is 344 g/mol. The molecule has 2 aliphatic heterocycles. The second-order valence-electron chi connectivity index (χ2n) is 5.51. The number of thioether (sulfide) groups is 1. The molecule has 2 aromatic rings. The summed E-state index contributed by atoms with van der Waals surface area (Å²) in [7, 11) is 0. The molecule has 124 valence electrons. The van der Waals surface area contributed by atoms with Crippen molar-refractivity contribution in [3.05, 3.63) is 42.1 Å². The fourth-order valence-electron chi connectivity index (χ4n) is 2.54. The molecule has 0 aliphatic carbocycles. The number of amides is 1. The van der Waals surface area contributed by atoms with Crippen molar-refractivity contribution < 1.29 is 19.0 Å². The fraction of sp³-hybridized carbons (Fsp3) is 0.294. The first-order valence-corrected chi connectivity index (χ1v) is 8.85. The summed E-state index contributed by atoms with van der Waals surface area (Å²) in [6.45, 7) is 0.206. The highest BCUT2D eigenvalue weighted by atomic mass is 32.2. The van der Waals surface area contributed by atoms with Crippen molar-refractivity contribution in [2.24, 2.45) is 0 Å². The summed E-state index contributed by atoms with van der Waals surface area (Å²) in [5, 5.41) is 2.82. The summed E-state index contributed by atoms with van der Waals surface area (Å²) in [6.07, 6.45) is 2.79. The maximum absolute atomic E-state index is 12.3. The van der Waals surface area contributed by atoms with Crippen LogP contribution in [-0.4, -0.2) is 35.3 Å². The summed E-state index contributed by atoms with van der Waals surface area (Å²) >= 11 is 1.88. The van der Waals surface area contributed by atoms with E-state index in [4.69, 9.17) is 14.2 Å². The van der Waals surface area contributed by atoms with Crippen LogP contribution in [0.25, 0.3) is 0 Å². The largest absolute Gasteiger partial charge is 0.473 e. The molecule has 1 saturated heterocycles. The van der Waals surface area contributed by atoms with Crippen molar-refractivity contribution in [3.63, 3.8) is 0 Å². The molecule has 0 saturated carbocycles. The summed E-state index contributed by atoms with van der Waals surface area (Å²) < 4.78 is 16.3. The molecule has 1 aromatic heterocycles. The molecule has 1 fully saturated rings. The smallest absolute Gasteiger partial charge is 0.257 e. The summed E-state index contributed by atoms with van der Waals surface area (Å²) in [5.74, 6) is 3.76. The Morgan fingerprint density at radius 3 is 2.96 bits per heavy atom. The van der Waals surface area contributed by atoms with Crippen LogP contribution >= 0.6 is 11.8 Å². The summed E-state index contributed by atoms with van der Waals surface area (Å²) in [6, 6.07) is 8.73. The Kier molecular flexibility index (Phi) is 4.17. The van der Waals surface area contributed by atoms with E-state index in [1.54, 1.807) is 30.3 Å². The highest BCUT2D eigenvalue weighted by Crippen LogP contribution is 2.34. The molecule has 0 bridgehead atoms. The van der Waals surface area contributed by atoms with Gasteiger partial charge in [0, 0.05) is 29.8 Å². The molecular formula is C17H16N2O4S. The van der Waals surface area contributed by atoms with Gasteiger partial charge in [-0.15, -0.1) is 0 Å². The van der Waals surface area contributed by atoms with Gasteiger partial charge in [-0.3, -0.25) is 4.79 Å². The van der Waals surface area contributed by atoms with Crippen LogP contribution in [0.5, 0.6) is 17.4 Å². The number of aromatic nitrogens is 1. The van der Waals surface area contributed by atoms with Crippen molar-refractivity contribution in [2.45, 2.75) is 12.5 Å². The van der Waals surface area contributed by atoms with Crippen molar-refractivity contribution >= 4 is 23.4 Å². The Morgan fingerprint density at radius 1 is 1.25 bits per heavy atom. The lowest BCUT2D eigenvalue weighted by molar-refractivity contribution is 0.102. The van der Waals surface area contributed by atoms with Crippen LogP contribution in [0.15, 0.2) is 36.5 Å². The van der Waals surface area contributed by atoms with E-state index in [9.17, 15) is 4.79 Å². The molecule has 1 aromatic carbocycles. The third-order valence-electron chi connectivity index (χ3n) is 3.80. The van der Waals surface area contributed by atoms with Crippen LogP contribution in [0.2, 0.25) is 0 Å². The van der Waals surface area contributed by atoms with Crippen LogP contribution in [-0.2, 0) is 0 Å². The molecule has 3 heterocycles. The number of pyridine rings is 1. The van der Waals surface area contributed by atoms with E-state index in [0.29, 0.717) is 28.6 Å². The number of carbonyl (C=O) groups is 1. The Hall–Kier alpha value is -2.41. The number of rotatable bonds is 4.